The second kappa shape index (κ2) is 4.09. The van der Waals surface area contributed by atoms with E-state index in [2.05, 4.69) is 0 Å². The number of benzene rings is 1. The van der Waals surface area contributed by atoms with Gasteiger partial charge in [0, 0.05) is 5.39 Å². The lowest BCUT2D eigenvalue weighted by atomic mass is 10.0. The number of ether oxygens (including phenoxy) is 1. The number of hydrogen-bond donors (Lipinski definition) is 0. The first kappa shape index (κ1) is 12.2. The molecule has 0 unspecified atom stereocenters. The molecule has 0 heterocycles. The summed E-state index contributed by atoms with van der Waals surface area (Å²) in [6.45, 7) is 0. The highest BCUT2D eigenvalue weighted by atomic mass is 16.5. The monoisotopic (exact) mass is 268 g/mol. The zero-order valence-electron chi connectivity index (χ0n) is 10.4. The molecule has 0 spiro atoms. The van der Waals surface area contributed by atoms with Gasteiger partial charge < -0.3 is 4.74 Å². The van der Waals surface area contributed by atoms with Crippen LogP contribution in [0, 0.1) is 10.4 Å². The first-order valence-electron chi connectivity index (χ1n) is 5.83. The van der Waals surface area contributed by atoms with Crippen LogP contribution >= 0.6 is 0 Å². The van der Waals surface area contributed by atoms with Crippen molar-refractivity contribution in [2.24, 2.45) is 0 Å². The lowest BCUT2D eigenvalue weighted by Gasteiger charge is -2.03. The molecule has 0 N–H and O–H groups in total. The van der Waals surface area contributed by atoms with E-state index in [-0.39, 0.29) is 27.0 Å². The lowest BCUT2D eigenvalue weighted by Crippen LogP contribution is -2.28. The van der Waals surface area contributed by atoms with Gasteiger partial charge in [0.25, 0.3) is 0 Å². The van der Waals surface area contributed by atoms with Crippen LogP contribution in [0.1, 0.15) is 0 Å². The normalized spacial score (nSPS) is 11.1. The van der Waals surface area contributed by atoms with Gasteiger partial charge in [-0.15, -0.1) is 0 Å². The fourth-order valence-corrected chi connectivity index (χ4v) is 2.40. The maximum Gasteiger partial charge on any atom is 0.202 e. The molecule has 0 bridgehead atoms. The molecule has 0 amide bonds. The van der Waals surface area contributed by atoms with Crippen LogP contribution in [-0.2, 0) is 0 Å². The smallest absolute Gasteiger partial charge is 0.202 e. The van der Waals surface area contributed by atoms with Gasteiger partial charge in [0.15, 0.2) is 16.3 Å². The highest BCUT2D eigenvalue weighted by Crippen LogP contribution is 2.19. The Hall–Kier alpha value is -2.82. The molecular weight excluding hydrogens is 260 g/mol. The molecule has 0 fully saturated rings. The maximum atomic E-state index is 12.4. The van der Waals surface area contributed by atoms with E-state index in [1.807, 2.05) is 0 Å². The minimum absolute atomic E-state index is 0.0372. The second-order valence-electron chi connectivity index (χ2n) is 4.35. The third-order valence-corrected chi connectivity index (χ3v) is 3.30. The lowest BCUT2D eigenvalue weighted by molar-refractivity contribution is 0.419. The van der Waals surface area contributed by atoms with Gasteiger partial charge >= 0.3 is 0 Å². The van der Waals surface area contributed by atoms with Crippen molar-refractivity contribution >= 4 is 10.8 Å². The van der Waals surface area contributed by atoms with Gasteiger partial charge in [0.05, 0.1) is 22.9 Å². The topological polar surface area (TPSA) is 77.5 Å². The van der Waals surface area contributed by atoms with Gasteiger partial charge in [0.1, 0.15) is 5.75 Å². The summed E-state index contributed by atoms with van der Waals surface area (Å²) >= 11 is 0. The Morgan fingerprint density at radius 1 is 0.800 bits per heavy atom. The average molecular weight is 268 g/mol. The zero-order valence-corrected chi connectivity index (χ0v) is 10.4. The predicted molar refractivity (Wildman–Crippen MR) is 73.3 cm³/mol. The summed E-state index contributed by atoms with van der Waals surface area (Å²) in [5, 5.41) is -0.581. The van der Waals surface area contributed by atoms with Crippen molar-refractivity contribution in [2.75, 3.05) is 7.11 Å². The van der Waals surface area contributed by atoms with Gasteiger partial charge in [-0.2, -0.15) is 0 Å². The Labute approximate surface area is 111 Å². The SMILES string of the molecule is COc1cccc2c(=O)c3c(=O)ccc(=O)c=3c(=O)c12. The van der Waals surface area contributed by atoms with E-state index in [0.29, 0.717) is 0 Å². The number of rotatable bonds is 1. The molecule has 1 aromatic carbocycles. The molecule has 0 atom stereocenters. The van der Waals surface area contributed by atoms with Crippen LogP contribution in [0.5, 0.6) is 5.75 Å². The molecule has 0 radical (unpaired) electrons. The second-order valence-corrected chi connectivity index (χ2v) is 4.35. The molecule has 2 aliphatic rings. The Kier molecular flexibility index (Phi) is 2.50. The minimum Gasteiger partial charge on any atom is -0.496 e. The molecule has 0 aliphatic heterocycles. The molecule has 0 aromatic heterocycles. The van der Waals surface area contributed by atoms with Crippen molar-refractivity contribution in [1.82, 2.24) is 0 Å². The van der Waals surface area contributed by atoms with Crippen LogP contribution in [0.3, 0.4) is 0 Å². The molecule has 0 saturated carbocycles. The summed E-state index contributed by atoms with van der Waals surface area (Å²) in [6.07, 6.45) is 0. The maximum absolute atomic E-state index is 12.4. The fraction of sp³-hybridized carbons (Fsp3) is 0.0667. The molecule has 98 valence electrons. The van der Waals surface area contributed by atoms with Crippen molar-refractivity contribution in [3.63, 3.8) is 0 Å². The van der Waals surface area contributed by atoms with Crippen LogP contribution in [0.2, 0.25) is 0 Å². The van der Waals surface area contributed by atoms with Crippen LogP contribution in [-0.4, -0.2) is 7.11 Å². The van der Waals surface area contributed by atoms with Gasteiger partial charge in [0.2, 0.25) is 5.43 Å². The van der Waals surface area contributed by atoms with Crippen LogP contribution in [0.15, 0.2) is 49.5 Å². The van der Waals surface area contributed by atoms with E-state index < -0.39 is 21.7 Å². The summed E-state index contributed by atoms with van der Waals surface area (Å²) in [6, 6.07) is 6.54. The summed E-state index contributed by atoms with van der Waals surface area (Å²) in [4.78, 5) is 48.4. The Bertz CT molecular complexity index is 1100. The molecule has 20 heavy (non-hydrogen) atoms. The third-order valence-electron chi connectivity index (χ3n) is 3.30. The van der Waals surface area contributed by atoms with Crippen molar-refractivity contribution < 1.29 is 4.74 Å². The summed E-state index contributed by atoms with van der Waals surface area (Å²) in [7, 11) is 1.37. The highest BCUT2D eigenvalue weighted by molar-refractivity contribution is 5.88. The first-order chi connectivity index (χ1) is 9.56. The Balaban J connectivity index is 2.94. The molecule has 2 aliphatic carbocycles. The quantitative estimate of drug-likeness (QED) is 0.615. The average Bonchev–Trinajstić information content (AvgIpc) is 2.46. The van der Waals surface area contributed by atoms with Crippen molar-refractivity contribution in [2.45, 2.75) is 0 Å². The van der Waals surface area contributed by atoms with Crippen LogP contribution in [0.25, 0.3) is 10.8 Å². The van der Waals surface area contributed by atoms with Gasteiger partial charge in [-0.05, 0) is 18.2 Å². The van der Waals surface area contributed by atoms with E-state index in [4.69, 9.17) is 4.74 Å². The molecule has 1 aromatic rings. The zero-order chi connectivity index (χ0) is 14.4. The third kappa shape index (κ3) is 1.43. The van der Waals surface area contributed by atoms with Gasteiger partial charge in [-0.25, -0.2) is 0 Å². The largest absolute Gasteiger partial charge is 0.496 e. The van der Waals surface area contributed by atoms with Crippen LogP contribution in [0.4, 0.5) is 0 Å². The predicted octanol–water partition coefficient (Wildman–Crippen LogP) is -0.110. The fourth-order valence-electron chi connectivity index (χ4n) is 2.40. The van der Waals surface area contributed by atoms with Crippen molar-refractivity contribution in [3.05, 3.63) is 81.7 Å². The van der Waals surface area contributed by atoms with E-state index in [0.717, 1.165) is 12.1 Å². The van der Waals surface area contributed by atoms with E-state index >= 15 is 0 Å². The van der Waals surface area contributed by atoms with Gasteiger partial charge in [-0.1, -0.05) is 12.1 Å². The summed E-state index contributed by atoms with van der Waals surface area (Å²) in [5.41, 5.74) is -2.51. The summed E-state index contributed by atoms with van der Waals surface area (Å²) in [5.74, 6) is 0.210. The first-order valence-corrected chi connectivity index (χ1v) is 5.83. The highest BCUT2D eigenvalue weighted by Gasteiger charge is 2.15. The molecule has 5 heteroatoms. The van der Waals surface area contributed by atoms with Crippen molar-refractivity contribution in [3.8, 4) is 5.75 Å². The minimum atomic E-state index is -0.644. The Morgan fingerprint density at radius 3 is 2.00 bits per heavy atom. The Morgan fingerprint density at radius 2 is 1.40 bits per heavy atom. The standard InChI is InChI=1S/C15H8O5/c1-20-10-4-2-3-7-11(10)15(19)13-9(17)6-5-8(16)12(13)14(7)18/h2-6H,1H3. The number of hydrogen-bond acceptors (Lipinski definition) is 5. The van der Waals surface area contributed by atoms with E-state index in [9.17, 15) is 19.2 Å². The van der Waals surface area contributed by atoms with Gasteiger partial charge in [-0.3, -0.25) is 19.2 Å². The van der Waals surface area contributed by atoms with Crippen molar-refractivity contribution in [1.29, 1.82) is 0 Å². The number of methoxy groups -OCH3 is 1. The molecule has 5 nitrogen and oxygen atoms in total. The van der Waals surface area contributed by atoms with Crippen LogP contribution < -0.4 is 26.5 Å². The molecule has 3 rings (SSSR count). The summed E-state index contributed by atoms with van der Waals surface area (Å²) < 4.78 is 5.06. The molecular formula is C15H8O5. The van der Waals surface area contributed by atoms with E-state index in [1.54, 1.807) is 6.07 Å². The number of fused-ring (bicyclic) bond motifs is 1. The van der Waals surface area contributed by atoms with E-state index in [1.165, 1.54) is 19.2 Å². The molecule has 0 saturated heterocycles.